The molecule has 9 nitrogen and oxygen atoms in total. The lowest BCUT2D eigenvalue weighted by Gasteiger charge is -2.13. The number of carbonyl (C=O) groups excluding carboxylic acids is 2. The first-order valence-electron chi connectivity index (χ1n) is 9.55. The Kier molecular flexibility index (Phi) is 5.63. The Hall–Kier alpha value is -3.05. The van der Waals surface area contributed by atoms with Crippen molar-refractivity contribution in [2.24, 2.45) is 0 Å². The maximum Gasteiger partial charge on any atom is 0.341 e. The van der Waals surface area contributed by atoms with E-state index in [-0.39, 0.29) is 41.6 Å². The first kappa shape index (κ1) is 21.2. The second kappa shape index (κ2) is 8.23. The number of fused-ring (bicyclic) bond motifs is 2. The smallest absolute Gasteiger partial charge is 0.341 e. The zero-order valence-electron chi connectivity index (χ0n) is 16.6. The number of nitrogens with zero attached hydrogens (tertiary/aromatic N) is 2. The number of aromatic nitrogens is 2. The minimum absolute atomic E-state index is 0.0606. The van der Waals surface area contributed by atoms with Crippen molar-refractivity contribution in [1.29, 1.82) is 0 Å². The Morgan fingerprint density at radius 3 is 2.84 bits per heavy atom. The topological polar surface area (TPSA) is 124 Å². The number of para-hydroxylation sites is 2. The predicted octanol–water partition coefficient (Wildman–Crippen LogP) is 1.74. The molecule has 3 heterocycles. The number of hydrogen-bond acceptors (Lipinski definition) is 8. The van der Waals surface area contributed by atoms with Gasteiger partial charge in [-0.1, -0.05) is 12.1 Å². The van der Waals surface area contributed by atoms with Gasteiger partial charge in [-0.05, 0) is 31.0 Å². The molecule has 3 aromatic rings. The standard InChI is InChI=1S/C20H19N3O6S2/c1-2-29-20(26)18-12-7-8-31(27,28)11-15(12)30-19(18)22-16(24)10-23-14-6-4-3-5-13(14)21-9-17(23)25/h3-6,9H,2,7-8,10-11H2,1H3,(H,22,24). The van der Waals surface area contributed by atoms with E-state index in [1.54, 1.807) is 31.2 Å². The van der Waals surface area contributed by atoms with Gasteiger partial charge < -0.3 is 10.1 Å². The minimum Gasteiger partial charge on any atom is -0.462 e. The van der Waals surface area contributed by atoms with Crippen molar-refractivity contribution in [1.82, 2.24) is 9.55 Å². The van der Waals surface area contributed by atoms with Crippen molar-refractivity contribution in [2.75, 3.05) is 17.7 Å². The van der Waals surface area contributed by atoms with Gasteiger partial charge >= 0.3 is 5.97 Å². The highest BCUT2D eigenvalue weighted by Crippen LogP contribution is 2.38. The third kappa shape index (κ3) is 4.23. The number of rotatable bonds is 5. The van der Waals surface area contributed by atoms with Crippen LogP contribution >= 0.6 is 11.3 Å². The molecule has 0 spiro atoms. The second-order valence-corrected chi connectivity index (χ2v) is 10.3. The number of benzene rings is 1. The second-order valence-electron chi connectivity index (χ2n) is 6.99. The fraction of sp³-hybridized carbons (Fsp3) is 0.300. The van der Waals surface area contributed by atoms with Gasteiger partial charge in [0.15, 0.2) is 9.84 Å². The van der Waals surface area contributed by atoms with Gasteiger partial charge in [0.05, 0.1) is 40.9 Å². The molecule has 1 N–H and O–H groups in total. The Balaban J connectivity index is 1.67. The molecule has 2 aromatic heterocycles. The third-order valence-corrected chi connectivity index (χ3v) is 7.78. The summed E-state index contributed by atoms with van der Waals surface area (Å²) in [6.45, 7) is 1.53. The molecule has 0 atom stereocenters. The van der Waals surface area contributed by atoms with E-state index in [0.717, 1.165) is 17.5 Å². The molecule has 0 radical (unpaired) electrons. The van der Waals surface area contributed by atoms with Crippen LogP contribution in [-0.4, -0.2) is 42.2 Å². The number of carbonyl (C=O) groups is 2. The number of thiophene rings is 1. The number of esters is 1. The molecule has 1 aromatic carbocycles. The molecule has 31 heavy (non-hydrogen) atoms. The number of nitrogens with one attached hydrogen (secondary N) is 1. The van der Waals surface area contributed by atoms with Gasteiger partial charge in [0.2, 0.25) is 5.91 Å². The fourth-order valence-corrected chi connectivity index (χ4v) is 6.57. The maximum atomic E-state index is 12.8. The molecule has 0 unspecified atom stereocenters. The van der Waals surface area contributed by atoms with Crippen LogP contribution in [0.25, 0.3) is 11.0 Å². The van der Waals surface area contributed by atoms with Crippen LogP contribution < -0.4 is 10.9 Å². The molecule has 0 aliphatic carbocycles. The van der Waals surface area contributed by atoms with Gasteiger partial charge in [-0.25, -0.2) is 18.2 Å². The molecule has 4 rings (SSSR count). The van der Waals surface area contributed by atoms with Gasteiger partial charge in [-0.3, -0.25) is 14.2 Å². The highest BCUT2D eigenvalue weighted by atomic mass is 32.2. The largest absolute Gasteiger partial charge is 0.462 e. The summed E-state index contributed by atoms with van der Waals surface area (Å²) in [5, 5.41) is 2.91. The van der Waals surface area contributed by atoms with Gasteiger partial charge in [0, 0.05) is 4.88 Å². The number of anilines is 1. The summed E-state index contributed by atoms with van der Waals surface area (Å²) in [4.78, 5) is 42.2. The molecular formula is C20H19N3O6S2. The zero-order valence-corrected chi connectivity index (χ0v) is 18.2. The van der Waals surface area contributed by atoms with Crippen LogP contribution in [0, 0.1) is 0 Å². The molecule has 162 valence electrons. The highest BCUT2D eigenvalue weighted by molar-refractivity contribution is 7.90. The molecule has 1 aliphatic heterocycles. The normalized spacial score (nSPS) is 14.7. The molecular weight excluding hydrogens is 442 g/mol. The first-order chi connectivity index (χ1) is 14.8. The van der Waals surface area contributed by atoms with Crippen molar-refractivity contribution in [3.63, 3.8) is 0 Å². The van der Waals surface area contributed by atoms with E-state index < -0.39 is 27.3 Å². The summed E-state index contributed by atoms with van der Waals surface area (Å²) < 4.78 is 30.4. The van der Waals surface area contributed by atoms with Crippen molar-refractivity contribution in [3.05, 3.63) is 56.8 Å². The Bertz CT molecular complexity index is 1360. The van der Waals surface area contributed by atoms with Crippen molar-refractivity contribution >= 4 is 49.1 Å². The van der Waals surface area contributed by atoms with Crippen molar-refractivity contribution < 1.29 is 22.7 Å². The number of ether oxygens (including phenoxy) is 1. The Labute approximate surface area is 181 Å². The van der Waals surface area contributed by atoms with Crippen LogP contribution in [0.15, 0.2) is 35.3 Å². The van der Waals surface area contributed by atoms with Crippen LogP contribution in [-0.2, 0) is 38.1 Å². The summed E-state index contributed by atoms with van der Waals surface area (Å²) in [6.07, 6.45) is 1.33. The molecule has 0 saturated heterocycles. The predicted molar refractivity (Wildman–Crippen MR) is 116 cm³/mol. The molecule has 1 aliphatic rings. The number of hydrogen-bond donors (Lipinski definition) is 1. The van der Waals surface area contributed by atoms with Gasteiger partial charge in [-0.2, -0.15) is 0 Å². The average Bonchev–Trinajstić information content (AvgIpc) is 3.06. The van der Waals surface area contributed by atoms with Crippen molar-refractivity contribution in [3.8, 4) is 0 Å². The van der Waals surface area contributed by atoms with Gasteiger partial charge in [0.1, 0.15) is 11.5 Å². The lowest BCUT2D eigenvalue weighted by Crippen LogP contribution is -2.28. The average molecular weight is 462 g/mol. The summed E-state index contributed by atoms with van der Waals surface area (Å²) in [7, 11) is -3.25. The first-order valence-corrected chi connectivity index (χ1v) is 12.2. The van der Waals surface area contributed by atoms with Crippen LogP contribution in [0.2, 0.25) is 0 Å². The molecule has 1 amide bonds. The van der Waals surface area contributed by atoms with Crippen LogP contribution in [0.3, 0.4) is 0 Å². The quantitative estimate of drug-likeness (QED) is 0.574. The van der Waals surface area contributed by atoms with E-state index in [2.05, 4.69) is 10.3 Å². The minimum atomic E-state index is -3.25. The molecule has 11 heteroatoms. The monoisotopic (exact) mass is 461 g/mol. The van der Waals surface area contributed by atoms with Gasteiger partial charge in [0.25, 0.3) is 5.56 Å². The number of amides is 1. The van der Waals surface area contributed by atoms with E-state index in [4.69, 9.17) is 4.74 Å². The van der Waals surface area contributed by atoms with E-state index in [1.807, 2.05) is 0 Å². The van der Waals surface area contributed by atoms with E-state index in [1.165, 1.54) is 4.57 Å². The SMILES string of the molecule is CCOC(=O)c1c(NC(=O)Cn2c(=O)cnc3ccccc32)sc2c1CCS(=O)(=O)C2. The van der Waals surface area contributed by atoms with Crippen LogP contribution in [0.4, 0.5) is 5.00 Å². The summed E-state index contributed by atoms with van der Waals surface area (Å²) in [5.74, 6) is -1.37. The maximum absolute atomic E-state index is 12.8. The van der Waals surface area contributed by atoms with Crippen LogP contribution in [0.5, 0.6) is 0 Å². The molecule has 0 fully saturated rings. The molecule has 0 bridgehead atoms. The lowest BCUT2D eigenvalue weighted by molar-refractivity contribution is -0.116. The number of sulfone groups is 1. The summed E-state index contributed by atoms with van der Waals surface area (Å²) in [6, 6.07) is 6.94. The Morgan fingerprint density at radius 1 is 1.29 bits per heavy atom. The molecule has 0 saturated carbocycles. The summed E-state index contributed by atoms with van der Waals surface area (Å²) >= 11 is 1.05. The van der Waals surface area contributed by atoms with E-state index >= 15 is 0 Å². The van der Waals surface area contributed by atoms with Crippen LogP contribution in [0.1, 0.15) is 27.7 Å². The summed E-state index contributed by atoms with van der Waals surface area (Å²) in [5.41, 5.74) is 1.43. The third-order valence-electron chi connectivity index (χ3n) is 4.89. The zero-order chi connectivity index (χ0) is 22.2. The fourth-order valence-electron chi connectivity index (χ4n) is 3.52. The lowest BCUT2D eigenvalue weighted by atomic mass is 10.1. The van der Waals surface area contributed by atoms with Crippen molar-refractivity contribution in [2.45, 2.75) is 25.6 Å². The van der Waals surface area contributed by atoms with E-state index in [9.17, 15) is 22.8 Å². The highest BCUT2D eigenvalue weighted by Gasteiger charge is 2.32. The van der Waals surface area contributed by atoms with Gasteiger partial charge in [-0.15, -0.1) is 11.3 Å². The Morgan fingerprint density at radius 2 is 2.06 bits per heavy atom. The van der Waals surface area contributed by atoms with E-state index in [0.29, 0.717) is 21.5 Å².